The second-order valence-corrected chi connectivity index (χ2v) is 4.40. The van der Waals surface area contributed by atoms with E-state index in [2.05, 4.69) is 20.9 Å². The molecule has 1 aromatic heterocycles. The van der Waals surface area contributed by atoms with Crippen LogP contribution in [0.1, 0.15) is 5.56 Å². The van der Waals surface area contributed by atoms with E-state index in [-0.39, 0.29) is 12.3 Å². The quantitative estimate of drug-likeness (QED) is 0.884. The number of rotatable bonds is 3. The van der Waals surface area contributed by atoms with E-state index >= 15 is 0 Å². The summed E-state index contributed by atoms with van der Waals surface area (Å²) in [5.74, 6) is -1.96. The summed E-state index contributed by atoms with van der Waals surface area (Å²) >= 11 is 3.07. The maximum atomic E-state index is 13.5. The Kier molecular flexibility index (Phi) is 3.88. The monoisotopic (exact) mass is 314 g/mol. The van der Waals surface area contributed by atoms with E-state index in [1.165, 1.54) is 12.3 Å². The molecule has 0 unspecified atom stereocenters. The van der Waals surface area contributed by atoms with E-state index in [1.54, 1.807) is 12.3 Å². The molecule has 0 atom stereocenters. The summed E-state index contributed by atoms with van der Waals surface area (Å²) < 4.78 is 32.4. The maximum Gasteiger partial charge on any atom is 0.201 e. The van der Waals surface area contributed by atoms with Crippen LogP contribution in [0.25, 0.3) is 0 Å². The van der Waals surface area contributed by atoms with Crippen LogP contribution >= 0.6 is 15.9 Å². The van der Waals surface area contributed by atoms with Crippen LogP contribution in [0, 0.1) is 11.6 Å². The number of hydrogen-bond acceptors (Lipinski definition) is 3. The van der Waals surface area contributed by atoms with E-state index in [4.69, 9.17) is 10.5 Å². The number of nitrogens with two attached hydrogens (primary N) is 1. The lowest BCUT2D eigenvalue weighted by molar-refractivity contribution is 0.411. The molecule has 0 spiro atoms. The third-order valence-corrected chi connectivity index (χ3v) is 2.73. The first-order valence-corrected chi connectivity index (χ1v) is 5.86. The smallest absolute Gasteiger partial charge is 0.201 e. The molecule has 2 aromatic rings. The number of nitrogens with zero attached hydrogens (tertiary/aromatic N) is 1. The highest BCUT2D eigenvalue weighted by molar-refractivity contribution is 9.10. The molecule has 18 heavy (non-hydrogen) atoms. The maximum absolute atomic E-state index is 13.5. The molecule has 0 radical (unpaired) electrons. The van der Waals surface area contributed by atoms with E-state index in [1.807, 2.05) is 0 Å². The van der Waals surface area contributed by atoms with E-state index < -0.39 is 11.6 Å². The number of halogens is 3. The zero-order valence-corrected chi connectivity index (χ0v) is 10.7. The van der Waals surface area contributed by atoms with Gasteiger partial charge < -0.3 is 10.5 Å². The van der Waals surface area contributed by atoms with Crippen LogP contribution in [0.2, 0.25) is 0 Å². The van der Waals surface area contributed by atoms with Gasteiger partial charge in [0.15, 0.2) is 11.6 Å². The fourth-order valence-electron chi connectivity index (χ4n) is 1.39. The third kappa shape index (κ3) is 2.65. The fourth-order valence-corrected chi connectivity index (χ4v) is 1.80. The summed E-state index contributed by atoms with van der Waals surface area (Å²) in [5, 5.41) is 0. The summed E-state index contributed by atoms with van der Waals surface area (Å²) in [4.78, 5) is 3.86. The lowest BCUT2D eigenvalue weighted by atomic mass is 10.2. The molecule has 0 bridgehead atoms. The average Bonchev–Trinajstić information content (AvgIpc) is 2.36. The van der Waals surface area contributed by atoms with Crippen LogP contribution in [0.15, 0.2) is 35.1 Å². The molecule has 0 aliphatic rings. The molecule has 0 aliphatic carbocycles. The van der Waals surface area contributed by atoms with Gasteiger partial charge in [0.1, 0.15) is 5.75 Å². The SMILES string of the molecule is NCc1ccncc1Oc1cc(Br)cc(F)c1F. The van der Waals surface area contributed by atoms with Crippen molar-refractivity contribution in [2.24, 2.45) is 5.73 Å². The van der Waals surface area contributed by atoms with Crippen molar-refractivity contribution in [3.63, 3.8) is 0 Å². The number of pyridine rings is 1. The fraction of sp³-hybridized carbons (Fsp3) is 0.0833. The minimum Gasteiger partial charge on any atom is -0.452 e. The van der Waals surface area contributed by atoms with Crippen molar-refractivity contribution in [2.45, 2.75) is 6.54 Å². The zero-order valence-electron chi connectivity index (χ0n) is 9.16. The van der Waals surface area contributed by atoms with Crippen molar-refractivity contribution in [2.75, 3.05) is 0 Å². The summed E-state index contributed by atoms with van der Waals surface area (Å²) in [5.41, 5.74) is 6.17. The molecule has 94 valence electrons. The number of benzene rings is 1. The van der Waals surface area contributed by atoms with E-state index in [0.717, 1.165) is 6.07 Å². The van der Waals surface area contributed by atoms with Crippen molar-refractivity contribution in [1.82, 2.24) is 4.98 Å². The molecule has 0 saturated carbocycles. The Bertz CT molecular complexity index is 578. The normalized spacial score (nSPS) is 10.4. The third-order valence-electron chi connectivity index (χ3n) is 2.27. The van der Waals surface area contributed by atoms with E-state index in [0.29, 0.717) is 15.8 Å². The van der Waals surface area contributed by atoms with Crippen molar-refractivity contribution >= 4 is 15.9 Å². The Balaban J connectivity index is 2.40. The highest BCUT2D eigenvalue weighted by Gasteiger charge is 2.13. The van der Waals surface area contributed by atoms with Gasteiger partial charge in [0.25, 0.3) is 0 Å². The highest BCUT2D eigenvalue weighted by Crippen LogP contribution is 2.30. The molecule has 0 saturated heterocycles. The van der Waals surface area contributed by atoms with Gasteiger partial charge in [-0.25, -0.2) is 4.39 Å². The molecular weight excluding hydrogens is 306 g/mol. The summed E-state index contributed by atoms with van der Waals surface area (Å²) in [6, 6.07) is 4.02. The minimum atomic E-state index is -1.05. The molecular formula is C12H9BrF2N2O. The Morgan fingerprint density at radius 2 is 2.06 bits per heavy atom. The highest BCUT2D eigenvalue weighted by atomic mass is 79.9. The van der Waals surface area contributed by atoms with Gasteiger partial charge in [-0.05, 0) is 18.2 Å². The molecule has 2 rings (SSSR count). The Morgan fingerprint density at radius 3 is 2.78 bits per heavy atom. The van der Waals surface area contributed by atoms with Gasteiger partial charge in [-0.2, -0.15) is 4.39 Å². The number of ether oxygens (including phenoxy) is 1. The lowest BCUT2D eigenvalue weighted by Gasteiger charge is -2.10. The van der Waals surface area contributed by atoms with Crippen LogP contribution in [-0.2, 0) is 6.54 Å². The van der Waals surface area contributed by atoms with Gasteiger partial charge in [-0.1, -0.05) is 15.9 Å². The summed E-state index contributed by atoms with van der Waals surface area (Å²) in [6.45, 7) is 0.218. The molecule has 1 heterocycles. The van der Waals surface area contributed by atoms with Gasteiger partial charge in [0.2, 0.25) is 5.82 Å². The van der Waals surface area contributed by atoms with E-state index in [9.17, 15) is 8.78 Å². The van der Waals surface area contributed by atoms with Crippen molar-refractivity contribution in [3.8, 4) is 11.5 Å². The molecule has 2 N–H and O–H groups in total. The molecule has 0 fully saturated rings. The molecule has 6 heteroatoms. The first-order chi connectivity index (χ1) is 8.61. The summed E-state index contributed by atoms with van der Waals surface area (Å²) in [6.07, 6.45) is 2.95. The molecule has 3 nitrogen and oxygen atoms in total. The number of aromatic nitrogens is 1. The largest absolute Gasteiger partial charge is 0.452 e. The van der Waals surface area contributed by atoms with Gasteiger partial charge in [0.05, 0.1) is 6.20 Å². The van der Waals surface area contributed by atoms with Crippen LogP contribution in [0.5, 0.6) is 11.5 Å². The first kappa shape index (κ1) is 12.9. The van der Waals surface area contributed by atoms with Crippen LogP contribution in [0.3, 0.4) is 0 Å². The van der Waals surface area contributed by atoms with Crippen molar-refractivity contribution in [1.29, 1.82) is 0 Å². The van der Waals surface area contributed by atoms with Crippen molar-refractivity contribution in [3.05, 3.63) is 52.3 Å². The predicted octanol–water partition coefficient (Wildman–Crippen LogP) is 3.37. The predicted molar refractivity (Wildman–Crippen MR) is 66.3 cm³/mol. The standard InChI is InChI=1S/C12H9BrF2N2O/c13-8-3-9(14)12(15)10(4-8)18-11-6-17-2-1-7(11)5-16/h1-4,6H,5,16H2. The summed E-state index contributed by atoms with van der Waals surface area (Å²) in [7, 11) is 0. The zero-order chi connectivity index (χ0) is 13.1. The van der Waals surface area contributed by atoms with Gasteiger partial charge in [-0.3, -0.25) is 4.98 Å². The minimum absolute atomic E-state index is 0.218. The van der Waals surface area contributed by atoms with Crippen LogP contribution in [0.4, 0.5) is 8.78 Å². The molecule has 0 amide bonds. The second-order valence-electron chi connectivity index (χ2n) is 3.49. The number of hydrogen-bond donors (Lipinski definition) is 1. The second kappa shape index (κ2) is 5.41. The molecule has 1 aromatic carbocycles. The van der Waals surface area contributed by atoms with Gasteiger partial charge >= 0.3 is 0 Å². The first-order valence-electron chi connectivity index (χ1n) is 5.07. The van der Waals surface area contributed by atoms with Crippen LogP contribution < -0.4 is 10.5 Å². The average molecular weight is 315 g/mol. The topological polar surface area (TPSA) is 48.1 Å². The van der Waals surface area contributed by atoms with Gasteiger partial charge in [-0.15, -0.1) is 0 Å². The van der Waals surface area contributed by atoms with Gasteiger partial charge in [0, 0.05) is 22.8 Å². The van der Waals surface area contributed by atoms with Crippen molar-refractivity contribution < 1.29 is 13.5 Å². The molecule has 0 aliphatic heterocycles. The van der Waals surface area contributed by atoms with Crippen LogP contribution in [-0.4, -0.2) is 4.98 Å². The Morgan fingerprint density at radius 1 is 1.28 bits per heavy atom. The Hall–Kier alpha value is -1.53. The lowest BCUT2D eigenvalue weighted by Crippen LogP contribution is -2.01. The Labute approximate surface area is 111 Å².